The van der Waals surface area contributed by atoms with E-state index in [4.69, 9.17) is 4.74 Å². The minimum absolute atomic E-state index is 0.111. The summed E-state index contributed by atoms with van der Waals surface area (Å²) < 4.78 is 4.83. The minimum atomic E-state index is -0.556. The number of rotatable bonds is 2. The zero-order chi connectivity index (χ0) is 11.6. The summed E-state index contributed by atoms with van der Waals surface area (Å²) in [5.74, 6) is -0.556. The number of pyridine rings is 1. The van der Waals surface area contributed by atoms with Crippen LogP contribution in [-0.2, 0) is 4.74 Å². The van der Waals surface area contributed by atoms with Gasteiger partial charge in [-0.05, 0) is 38.8 Å². The molecule has 1 rings (SSSR count). The van der Waals surface area contributed by atoms with Crippen molar-refractivity contribution in [2.45, 2.75) is 27.7 Å². The zero-order valence-electron chi connectivity index (χ0n) is 9.43. The molecule has 0 aliphatic carbocycles. The van der Waals surface area contributed by atoms with Gasteiger partial charge in [-0.15, -0.1) is 0 Å². The van der Waals surface area contributed by atoms with E-state index in [-0.39, 0.29) is 17.7 Å². The van der Waals surface area contributed by atoms with Gasteiger partial charge in [0, 0.05) is 5.69 Å². The van der Waals surface area contributed by atoms with Crippen LogP contribution in [0.15, 0.2) is 4.79 Å². The second-order valence-corrected chi connectivity index (χ2v) is 3.42. The third-order valence-electron chi connectivity index (χ3n) is 2.51. The van der Waals surface area contributed by atoms with Gasteiger partial charge in [0.25, 0.3) is 5.56 Å². The number of hydrogen-bond donors (Lipinski definition) is 1. The molecular weight excluding hydrogens is 194 g/mol. The van der Waals surface area contributed by atoms with E-state index < -0.39 is 5.97 Å². The molecule has 1 N–H and O–H groups in total. The van der Waals surface area contributed by atoms with E-state index >= 15 is 0 Å². The lowest BCUT2D eigenvalue weighted by atomic mass is 10.0. The molecule has 0 unspecified atom stereocenters. The van der Waals surface area contributed by atoms with E-state index in [9.17, 15) is 9.59 Å². The molecule has 0 radical (unpaired) electrons. The maximum atomic E-state index is 11.6. The average molecular weight is 209 g/mol. The van der Waals surface area contributed by atoms with Crippen molar-refractivity contribution < 1.29 is 9.53 Å². The first kappa shape index (κ1) is 11.5. The molecule has 0 fully saturated rings. The van der Waals surface area contributed by atoms with Gasteiger partial charge < -0.3 is 9.72 Å². The predicted octanol–water partition coefficient (Wildman–Crippen LogP) is 1.48. The number of ether oxygens (including phenoxy) is 1. The van der Waals surface area contributed by atoms with Crippen LogP contribution in [0.4, 0.5) is 0 Å². The number of carbonyl (C=O) groups excluding carboxylic acids is 1. The summed E-state index contributed by atoms with van der Waals surface area (Å²) in [6.45, 7) is 7.40. The minimum Gasteiger partial charge on any atom is -0.462 e. The van der Waals surface area contributed by atoms with Crippen LogP contribution in [0.25, 0.3) is 0 Å². The van der Waals surface area contributed by atoms with Gasteiger partial charge in [0.2, 0.25) is 0 Å². The van der Waals surface area contributed by atoms with Crippen LogP contribution in [0.1, 0.15) is 34.1 Å². The quantitative estimate of drug-likeness (QED) is 0.750. The van der Waals surface area contributed by atoms with Gasteiger partial charge in [0.15, 0.2) is 0 Å². The topological polar surface area (TPSA) is 59.2 Å². The Morgan fingerprint density at radius 1 is 1.27 bits per heavy atom. The van der Waals surface area contributed by atoms with Gasteiger partial charge in [0.1, 0.15) is 5.56 Å². The lowest BCUT2D eigenvalue weighted by molar-refractivity contribution is 0.0523. The standard InChI is InChI=1S/C11H15NO3/c1-5-15-11(14)9-7(3)6(2)8(4)12-10(9)13/h5H2,1-4H3,(H,12,13). The number of aromatic amines is 1. The second-order valence-electron chi connectivity index (χ2n) is 3.42. The highest BCUT2D eigenvalue weighted by atomic mass is 16.5. The SMILES string of the molecule is CCOC(=O)c1c(C)c(C)c(C)[nH]c1=O. The zero-order valence-corrected chi connectivity index (χ0v) is 9.43. The van der Waals surface area contributed by atoms with Gasteiger partial charge in [-0.1, -0.05) is 0 Å². The van der Waals surface area contributed by atoms with E-state index in [1.807, 2.05) is 6.92 Å². The molecule has 1 aromatic rings. The van der Waals surface area contributed by atoms with E-state index in [0.29, 0.717) is 5.56 Å². The molecule has 1 aromatic heterocycles. The van der Waals surface area contributed by atoms with Crippen LogP contribution in [0.5, 0.6) is 0 Å². The van der Waals surface area contributed by atoms with Crippen LogP contribution in [0, 0.1) is 20.8 Å². The highest BCUT2D eigenvalue weighted by molar-refractivity contribution is 5.91. The Hall–Kier alpha value is -1.58. The Balaban J connectivity index is 3.36. The van der Waals surface area contributed by atoms with Crippen LogP contribution in [0.2, 0.25) is 0 Å². The molecule has 0 aromatic carbocycles. The number of esters is 1. The number of nitrogens with one attached hydrogen (secondary N) is 1. The van der Waals surface area contributed by atoms with Crippen molar-refractivity contribution in [2.24, 2.45) is 0 Å². The van der Waals surface area contributed by atoms with Crippen LogP contribution >= 0.6 is 0 Å². The first-order valence-corrected chi connectivity index (χ1v) is 4.86. The highest BCUT2D eigenvalue weighted by Gasteiger charge is 2.17. The fourth-order valence-electron chi connectivity index (χ4n) is 1.41. The Morgan fingerprint density at radius 2 is 1.87 bits per heavy atom. The maximum Gasteiger partial charge on any atom is 0.344 e. The lowest BCUT2D eigenvalue weighted by Crippen LogP contribution is -2.23. The number of hydrogen-bond acceptors (Lipinski definition) is 3. The van der Waals surface area contributed by atoms with Gasteiger partial charge in [-0.2, -0.15) is 0 Å². The van der Waals surface area contributed by atoms with Gasteiger partial charge in [-0.25, -0.2) is 4.79 Å². The Bertz CT molecular complexity index is 446. The second kappa shape index (κ2) is 4.29. The average Bonchev–Trinajstić information content (AvgIpc) is 2.15. The Kier molecular flexibility index (Phi) is 3.29. The van der Waals surface area contributed by atoms with Crippen molar-refractivity contribution in [1.82, 2.24) is 4.98 Å². The molecule has 0 aliphatic heterocycles. The lowest BCUT2D eigenvalue weighted by Gasteiger charge is -2.09. The highest BCUT2D eigenvalue weighted by Crippen LogP contribution is 2.12. The summed E-state index contributed by atoms with van der Waals surface area (Å²) in [5, 5.41) is 0. The fourth-order valence-corrected chi connectivity index (χ4v) is 1.41. The largest absolute Gasteiger partial charge is 0.462 e. The first-order valence-electron chi connectivity index (χ1n) is 4.86. The van der Waals surface area contributed by atoms with E-state index in [1.165, 1.54) is 0 Å². The summed E-state index contributed by atoms with van der Waals surface area (Å²) in [5.41, 5.74) is 2.12. The van der Waals surface area contributed by atoms with Crippen molar-refractivity contribution >= 4 is 5.97 Å². The molecule has 15 heavy (non-hydrogen) atoms. The smallest absolute Gasteiger partial charge is 0.344 e. The summed E-state index contributed by atoms with van der Waals surface area (Å²) in [4.78, 5) is 25.7. The first-order chi connectivity index (χ1) is 6.99. The number of aryl methyl sites for hydroxylation is 1. The number of carbonyl (C=O) groups is 1. The molecule has 82 valence electrons. The van der Waals surface area contributed by atoms with Gasteiger partial charge in [-0.3, -0.25) is 4.79 Å². The van der Waals surface area contributed by atoms with Crippen LogP contribution in [0.3, 0.4) is 0 Å². The fraction of sp³-hybridized carbons (Fsp3) is 0.455. The third kappa shape index (κ3) is 2.09. The molecule has 0 aliphatic rings. The predicted molar refractivity (Wildman–Crippen MR) is 57.2 cm³/mol. The molecule has 0 saturated heterocycles. The third-order valence-corrected chi connectivity index (χ3v) is 2.51. The van der Waals surface area contributed by atoms with Crippen molar-refractivity contribution in [2.75, 3.05) is 6.61 Å². The van der Waals surface area contributed by atoms with Crippen molar-refractivity contribution in [1.29, 1.82) is 0 Å². The molecule has 4 heteroatoms. The molecule has 0 saturated carbocycles. The molecular formula is C11H15NO3. The van der Waals surface area contributed by atoms with Crippen molar-refractivity contribution in [3.63, 3.8) is 0 Å². The molecule has 0 atom stereocenters. The van der Waals surface area contributed by atoms with Crippen molar-refractivity contribution in [3.8, 4) is 0 Å². The summed E-state index contributed by atoms with van der Waals surface area (Å²) in [6, 6.07) is 0. The molecule has 0 spiro atoms. The molecule has 0 bridgehead atoms. The molecule has 4 nitrogen and oxygen atoms in total. The maximum absolute atomic E-state index is 11.6. The van der Waals surface area contributed by atoms with Gasteiger partial charge >= 0.3 is 5.97 Å². The van der Waals surface area contributed by atoms with Crippen molar-refractivity contribution in [3.05, 3.63) is 32.7 Å². The van der Waals surface area contributed by atoms with E-state index in [0.717, 1.165) is 11.3 Å². The van der Waals surface area contributed by atoms with Crippen LogP contribution < -0.4 is 5.56 Å². The number of aromatic nitrogens is 1. The van der Waals surface area contributed by atoms with Crippen LogP contribution in [-0.4, -0.2) is 17.6 Å². The molecule has 1 heterocycles. The summed E-state index contributed by atoms with van der Waals surface area (Å²) in [6.07, 6.45) is 0. The summed E-state index contributed by atoms with van der Waals surface area (Å²) >= 11 is 0. The van der Waals surface area contributed by atoms with E-state index in [2.05, 4.69) is 4.98 Å². The summed E-state index contributed by atoms with van der Waals surface area (Å²) in [7, 11) is 0. The van der Waals surface area contributed by atoms with E-state index in [1.54, 1.807) is 20.8 Å². The number of H-pyrrole nitrogens is 1. The monoisotopic (exact) mass is 209 g/mol. The Labute approximate surface area is 88.3 Å². The molecule has 0 amide bonds. The Morgan fingerprint density at radius 3 is 2.40 bits per heavy atom. The normalized spacial score (nSPS) is 10.1. The van der Waals surface area contributed by atoms with Gasteiger partial charge in [0.05, 0.1) is 6.61 Å².